The Kier molecular flexibility index (Phi) is 5.80. The monoisotopic (exact) mass is 364 g/mol. The summed E-state index contributed by atoms with van der Waals surface area (Å²) in [5, 5.41) is 3.04. The average molecular weight is 364 g/mol. The van der Waals surface area contributed by atoms with E-state index < -0.39 is 0 Å². The molecule has 27 heavy (non-hydrogen) atoms. The van der Waals surface area contributed by atoms with E-state index in [-0.39, 0.29) is 5.91 Å². The quantitative estimate of drug-likeness (QED) is 0.697. The molecule has 0 bridgehead atoms. The zero-order valence-electron chi connectivity index (χ0n) is 15.9. The Labute approximate surface area is 159 Å². The number of rotatable bonds is 7. The number of carbonyl (C=O) groups excluding carboxylic acids is 1. The van der Waals surface area contributed by atoms with Crippen molar-refractivity contribution in [1.82, 2.24) is 24.4 Å². The van der Waals surface area contributed by atoms with Gasteiger partial charge in [0.15, 0.2) is 5.82 Å². The maximum absolute atomic E-state index is 13.1. The molecule has 2 heterocycles. The Bertz CT molecular complexity index is 920. The van der Waals surface area contributed by atoms with E-state index >= 15 is 0 Å². The molecule has 7 nitrogen and oxygen atoms in total. The second-order valence-electron chi connectivity index (χ2n) is 6.27. The second-order valence-corrected chi connectivity index (χ2v) is 6.27. The van der Waals surface area contributed by atoms with Crippen LogP contribution in [0.25, 0.3) is 11.3 Å². The maximum Gasteiger partial charge on any atom is 0.254 e. The van der Waals surface area contributed by atoms with Crippen molar-refractivity contribution >= 4 is 11.7 Å². The SMILES string of the molecule is CCCN(Cc1nccn1C)C(=O)c1cccc(-c2nccnc2NC)c1. The van der Waals surface area contributed by atoms with Gasteiger partial charge >= 0.3 is 0 Å². The minimum Gasteiger partial charge on any atom is -0.371 e. The number of benzene rings is 1. The molecule has 7 heteroatoms. The second kappa shape index (κ2) is 8.44. The third-order valence-electron chi connectivity index (χ3n) is 4.35. The summed E-state index contributed by atoms with van der Waals surface area (Å²) in [6, 6.07) is 7.52. The fourth-order valence-electron chi connectivity index (χ4n) is 2.96. The lowest BCUT2D eigenvalue weighted by molar-refractivity contribution is 0.0737. The van der Waals surface area contributed by atoms with E-state index in [1.807, 2.05) is 47.0 Å². The van der Waals surface area contributed by atoms with E-state index in [1.54, 1.807) is 25.6 Å². The molecule has 140 valence electrons. The van der Waals surface area contributed by atoms with Gasteiger partial charge in [-0.25, -0.2) is 9.97 Å². The number of hydrogen-bond donors (Lipinski definition) is 1. The van der Waals surface area contributed by atoms with Gasteiger partial charge in [-0.05, 0) is 18.6 Å². The minimum atomic E-state index is -0.0170. The molecule has 2 aromatic heterocycles. The summed E-state index contributed by atoms with van der Waals surface area (Å²) in [6.45, 7) is 3.21. The number of aromatic nitrogens is 4. The van der Waals surface area contributed by atoms with E-state index in [9.17, 15) is 4.79 Å². The highest BCUT2D eigenvalue weighted by Crippen LogP contribution is 2.24. The lowest BCUT2D eigenvalue weighted by Gasteiger charge is -2.22. The largest absolute Gasteiger partial charge is 0.371 e. The lowest BCUT2D eigenvalue weighted by atomic mass is 10.1. The van der Waals surface area contributed by atoms with Crippen LogP contribution in [0.5, 0.6) is 0 Å². The molecule has 1 N–H and O–H groups in total. The number of anilines is 1. The van der Waals surface area contributed by atoms with Crippen LogP contribution in [-0.4, -0.2) is 43.9 Å². The van der Waals surface area contributed by atoms with Crippen molar-refractivity contribution in [3.8, 4) is 11.3 Å². The van der Waals surface area contributed by atoms with Gasteiger partial charge in [0.25, 0.3) is 5.91 Å². The van der Waals surface area contributed by atoms with E-state index in [4.69, 9.17) is 0 Å². The molecule has 0 atom stereocenters. The number of imidazole rings is 1. The molecule has 0 spiro atoms. The van der Waals surface area contributed by atoms with Crippen LogP contribution in [0, 0.1) is 0 Å². The third-order valence-corrected chi connectivity index (χ3v) is 4.35. The van der Waals surface area contributed by atoms with Crippen LogP contribution in [0.15, 0.2) is 49.1 Å². The molecule has 0 fully saturated rings. The van der Waals surface area contributed by atoms with Gasteiger partial charge in [-0.1, -0.05) is 19.1 Å². The number of aryl methyl sites for hydroxylation is 1. The zero-order chi connectivity index (χ0) is 19.2. The predicted octanol–water partition coefficient (Wildman–Crippen LogP) is 2.97. The first-order valence-corrected chi connectivity index (χ1v) is 8.98. The zero-order valence-corrected chi connectivity index (χ0v) is 15.9. The highest BCUT2D eigenvalue weighted by molar-refractivity contribution is 5.95. The molecule has 3 rings (SSSR count). The first-order chi connectivity index (χ1) is 13.1. The van der Waals surface area contributed by atoms with Crippen molar-refractivity contribution < 1.29 is 4.79 Å². The van der Waals surface area contributed by atoms with Gasteiger partial charge in [0, 0.05) is 56.6 Å². The normalized spacial score (nSPS) is 10.6. The number of nitrogens with zero attached hydrogens (tertiary/aromatic N) is 5. The van der Waals surface area contributed by atoms with Crippen LogP contribution in [0.1, 0.15) is 29.5 Å². The van der Waals surface area contributed by atoms with Gasteiger partial charge in [-0.3, -0.25) is 9.78 Å². The number of nitrogens with one attached hydrogen (secondary N) is 1. The first-order valence-electron chi connectivity index (χ1n) is 8.98. The Morgan fingerprint density at radius 1 is 1.19 bits per heavy atom. The molecule has 0 aliphatic carbocycles. The highest BCUT2D eigenvalue weighted by Gasteiger charge is 2.18. The molecule has 1 amide bonds. The summed E-state index contributed by atoms with van der Waals surface area (Å²) in [4.78, 5) is 28.0. The molecule has 3 aromatic rings. The Hall–Kier alpha value is -3.22. The minimum absolute atomic E-state index is 0.0170. The molecule has 0 saturated carbocycles. The number of carbonyl (C=O) groups is 1. The van der Waals surface area contributed by atoms with Gasteiger partial charge in [0.1, 0.15) is 11.5 Å². The van der Waals surface area contributed by atoms with Crippen LogP contribution in [0.4, 0.5) is 5.82 Å². The molecule has 1 aromatic carbocycles. The van der Waals surface area contributed by atoms with Crippen molar-refractivity contribution in [2.24, 2.45) is 7.05 Å². The average Bonchev–Trinajstić information content (AvgIpc) is 3.11. The van der Waals surface area contributed by atoms with E-state index in [0.29, 0.717) is 24.5 Å². The molecule has 0 unspecified atom stereocenters. The van der Waals surface area contributed by atoms with E-state index in [2.05, 4.69) is 27.2 Å². The highest BCUT2D eigenvalue weighted by atomic mass is 16.2. The topological polar surface area (TPSA) is 75.9 Å². The van der Waals surface area contributed by atoms with Crippen molar-refractivity contribution in [1.29, 1.82) is 0 Å². The number of hydrogen-bond acceptors (Lipinski definition) is 5. The Balaban J connectivity index is 1.90. The Morgan fingerprint density at radius 2 is 2.00 bits per heavy atom. The molecule has 0 saturated heterocycles. The summed E-state index contributed by atoms with van der Waals surface area (Å²) < 4.78 is 1.94. The lowest BCUT2D eigenvalue weighted by Crippen LogP contribution is -2.32. The predicted molar refractivity (Wildman–Crippen MR) is 105 cm³/mol. The van der Waals surface area contributed by atoms with Crippen molar-refractivity contribution in [2.45, 2.75) is 19.9 Å². The van der Waals surface area contributed by atoms with Crippen LogP contribution in [0.2, 0.25) is 0 Å². The summed E-state index contributed by atoms with van der Waals surface area (Å²) in [6.07, 6.45) is 7.80. The first kappa shape index (κ1) is 18.6. The van der Waals surface area contributed by atoms with Gasteiger partial charge in [0.05, 0.1) is 6.54 Å². The molecule has 0 aliphatic rings. The fraction of sp³-hybridized carbons (Fsp3) is 0.300. The molecule has 0 aliphatic heterocycles. The summed E-state index contributed by atoms with van der Waals surface area (Å²) >= 11 is 0. The number of amides is 1. The molecular formula is C20H24N6O. The summed E-state index contributed by atoms with van der Waals surface area (Å²) in [7, 11) is 3.74. The van der Waals surface area contributed by atoms with Crippen LogP contribution >= 0.6 is 0 Å². The van der Waals surface area contributed by atoms with Gasteiger partial charge in [-0.2, -0.15) is 0 Å². The Morgan fingerprint density at radius 3 is 2.70 bits per heavy atom. The van der Waals surface area contributed by atoms with Gasteiger partial charge in [-0.15, -0.1) is 0 Å². The maximum atomic E-state index is 13.1. The van der Waals surface area contributed by atoms with Crippen LogP contribution in [0.3, 0.4) is 0 Å². The van der Waals surface area contributed by atoms with E-state index in [0.717, 1.165) is 23.5 Å². The third kappa shape index (κ3) is 4.13. The van der Waals surface area contributed by atoms with Crippen molar-refractivity contribution in [3.63, 3.8) is 0 Å². The molecular weight excluding hydrogens is 340 g/mol. The van der Waals surface area contributed by atoms with Crippen molar-refractivity contribution in [2.75, 3.05) is 18.9 Å². The van der Waals surface area contributed by atoms with Crippen molar-refractivity contribution in [3.05, 3.63) is 60.4 Å². The van der Waals surface area contributed by atoms with Crippen LogP contribution < -0.4 is 5.32 Å². The standard InChI is InChI=1S/C20H24N6O/c1-4-11-26(14-17-22-10-12-25(17)3)20(27)16-7-5-6-15(13-16)18-19(21-2)24-9-8-23-18/h5-10,12-13H,4,11,14H2,1-3H3,(H,21,24). The summed E-state index contributed by atoms with van der Waals surface area (Å²) in [5.74, 6) is 1.52. The van der Waals surface area contributed by atoms with Gasteiger partial charge < -0.3 is 14.8 Å². The molecule has 0 radical (unpaired) electrons. The fourth-order valence-corrected chi connectivity index (χ4v) is 2.96. The van der Waals surface area contributed by atoms with E-state index in [1.165, 1.54) is 0 Å². The van der Waals surface area contributed by atoms with Crippen LogP contribution in [-0.2, 0) is 13.6 Å². The summed E-state index contributed by atoms with van der Waals surface area (Å²) in [5.41, 5.74) is 2.20. The van der Waals surface area contributed by atoms with Gasteiger partial charge in [0.2, 0.25) is 0 Å². The smallest absolute Gasteiger partial charge is 0.254 e.